The van der Waals surface area contributed by atoms with Gasteiger partial charge in [-0.25, -0.2) is 9.37 Å². The van der Waals surface area contributed by atoms with Gasteiger partial charge < -0.3 is 10.5 Å². The second kappa shape index (κ2) is 13.0. The van der Waals surface area contributed by atoms with Crippen LogP contribution in [0.25, 0.3) is 0 Å². The third-order valence-electron chi connectivity index (χ3n) is 6.12. The van der Waals surface area contributed by atoms with Gasteiger partial charge in [-0.15, -0.1) is 0 Å². The summed E-state index contributed by atoms with van der Waals surface area (Å²) in [7, 11) is 0. The van der Waals surface area contributed by atoms with E-state index in [1.165, 1.54) is 23.4 Å². The standard InChI is InChI=1S/C30H29ClFN3O2/c31-27-18-22(12-14-28(27)32)20-35(16-7-17-37-29-15-13-25(19-34-29)30(33)36)21-26(23-8-3-1-4-9-23)24-10-5-2-6-11-24/h1-6,8-15,18-19,26H,7,16-17,20-21H2,(H2,33,36). The molecule has 0 aliphatic heterocycles. The maximum absolute atomic E-state index is 13.8. The summed E-state index contributed by atoms with van der Waals surface area (Å²) in [5, 5.41) is 0.119. The number of halogens is 2. The first-order valence-electron chi connectivity index (χ1n) is 12.1. The molecule has 1 heterocycles. The molecule has 190 valence electrons. The van der Waals surface area contributed by atoms with Crippen LogP contribution < -0.4 is 10.5 Å². The molecule has 0 spiro atoms. The molecule has 7 heteroatoms. The first-order chi connectivity index (χ1) is 18.0. The van der Waals surface area contributed by atoms with Gasteiger partial charge in [-0.05, 0) is 41.3 Å². The van der Waals surface area contributed by atoms with Crippen LogP contribution in [0.1, 0.15) is 39.4 Å². The number of pyridine rings is 1. The molecule has 0 fully saturated rings. The normalized spacial score (nSPS) is 11.1. The summed E-state index contributed by atoms with van der Waals surface area (Å²) in [6.07, 6.45) is 2.15. The van der Waals surface area contributed by atoms with E-state index >= 15 is 0 Å². The molecule has 2 N–H and O–H groups in total. The Labute approximate surface area is 221 Å². The van der Waals surface area contributed by atoms with Gasteiger partial charge in [-0.1, -0.05) is 78.3 Å². The molecule has 0 aliphatic rings. The van der Waals surface area contributed by atoms with Crippen molar-refractivity contribution >= 4 is 17.5 Å². The van der Waals surface area contributed by atoms with Crippen molar-refractivity contribution in [3.05, 3.63) is 130 Å². The van der Waals surface area contributed by atoms with E-state index in [0.29, 0.717) is 24.6 Å². The second-order valence-electron chi connectivity index (χ2n) is 8.81. The van der Waals surface area contributed by atoms with E-state index in [0.717, 1.165) is 25.1 Å². The summed E-state index contributed by atoms with van der Waals surface area (Å²) in [6.45, 7) is 2.56. The predicted molar refractivity (Wildman–Crippen MR) is 144 cm³/mol. The van der Waals surface area contributed by atoms with Crippen LogP contribution in [-0.2, 0) is 6.54 Å². The van der Waals surface area contributed by atoms with Gasteiger partial charge in [0.15, 0.2) is 0 Å². The van der Waals surface area contributed by atoms with Gasteiger partial charge in [0.25, 0.3) is 0 Å². The highest BCUT2D eigenvalue weighted by molar-refractivity contribution is 6.30. The van der Waals surface area contributed by atoms with E-state index < -0.39 is 11.7 Å². The number of rotatable bonds is 12. The highest BCUT2D eigenvalue weighted by Gasteiger charge is 2.19. The molecule has 0 unspecified atom stereocenters. The first kappa shape index (κ1) is 26.3. The van der Waals surface area contributed by atoms with Crippen molar-refractivity contribution in [2.75, 3.05) is 19.7 Å². The van der Waals surface area contributed by atoms with Gasteiger partial charge in [0.2, 0.25) is 11.8 Å². The van der Waals surface area contributed by atoms with Crippen LogP contribution in [0.15, 0.2) is 97.2 Å². The second-order valence-corrected chi connectivity index (χ2v) is 9.22. The lowest BCUT2D eigenvalue weighted by atomic mass is 9.90. The van der Waals surface area contributed by atoms with Crippen LogP contribution in [0.5, 0.6) is 5.88 Å². The van der Waals surface area contributed by atoms with Gasteiger partial charge in [0.05, 0.1) is 17.2 Å². The number of hydrogen-bond acceptors (Lipinski definition) is 4. The lowest BCUT2D eigenvalue weighted by molar-refractivity contribution is 0.1000. The maximum Gasteiger partial charge on any atom is 0.250 e. The Morgan fingerprint density at radius 3 is 2.22 bits per heavy atom. The lowest BCUT2D eigenvalue weighted by Gasteiger charge is -2.28. The molecule has 4 rings (SSSR count). The number of amides is 1. The smallest absolute Gasteiger partial charge is 0.250 e. The summed E-state index contributed by atoms with van der Waals surface area (Å²) in [5.41, 5.74) is 9.00. The molecule has 5 nitrogen and oxygen atoms in total. The van der Waals surface area contributed by atoms with E-state index in [9.17, 15) is 9.18 Å². The van der Waals surface area contributed by atoms with Crippen LogP contribution >= 0.6 is 11.6 Å². The Bertz CT molecular complexity index is 1250. The van der Waals surface area contributed by atoms with E-state index in [1.54, 1.807) is 24.3 Å². The summed E-state index contributed by atoms with van der Waals surface area (Å²) >= 11 is 6.07. The molecule has 1 aromatic heterocycles. The summed E-state index contributed by atoms with van der Waals surface area (Å²) < 4.78 is 19.6. The van der Waals surface area contributed by atoms with Gasteiger partial charge in [0.1, 0.15) is 5.82 Å². The van der Waals surface area contributed by atoms with E-state index in [2.05, 4.69) is 58.4 Å². The molecule has 0 aliphatic carbocycles. The quantitative estimate of drug-likeness (QED) is 0.231. The van der Waals surface area contributed by atoms with Crippen molar-refractivity contribution in [3.63, 3.8) is 0 Å². The zero-order valence-corrected chi connectivity index (χ0v) is 21.2. The summed E-state index contributed by atoms with van der Waals surface area (Å²) in [5.74, 6) is -0.357. The van der Waals surface area contributed by atoms with Crippen molar-refractivity contribution in [2.45, 2.75) is 18.9 Å². The zero-order chi connectivity index (χ0) is 26.0. The number of benzene rings is 3. The van der Waals surface area contributed by atoms with Crippen LogP contribution in [0.2, 0.25) is 5.02 Å². The Morgan fingerprint density at radius 2 is 1.65 bits per heavy atom. The van der Waals surface area contributed by atoms with Crippen LogP contribution in [0, 0.1) is 5.82 Å². The van der Waals surface area contributed by atoms with Crippen molar-refractivity contribution in [1.29, 1.82) is 0 Å². The van der Waals surface area contributed by atoms with Crippen LogP contribution in [0.4, 0.5) is 4.39 Å². The summed E-state index contributed by atoms with van der Waals surface area (Å²) in [6, 6.07) is 29.0. The Kier molecular flexibility index (Phi) is 9.24. The van der Waals surface area contributed by atoms with Crippen molar-refractivity contribution < 1.29 is 13.9 Å². The number of ether oxygens (including phenoxy) is 1. The van der Waals surface area contributed by atoms with Crippen molar-refractivity contribution in [3.8, 4) is 5.88 Å². The predicted octanol–water partition coefficient (Wildman–Crippen LogP) is 6.08. The largest absolute Gasteiger partial charge is 0.478 e. The van der Waals surface area contributed by atoms with Gasteiger partial charge in [-0.2, -0.15) is 0 Å². The minimum Gasteiger partial charge on any atom is -0.478 e. The molecule has 0 bridgehead atoms. The van der Waals surface area contributed by atoms with Gasteiger partial charge in [-0.3, -0.25) is 9.69 Å². The topological polar surface area (TPSA) is 68.5 Å². The fraction of sp³-hybridized carbons (Fsp3) is 0.200. The molecule has 1 amide bonds. The highest BCUT2D eigenvalue weighted by Crippen LogP contribution is 2.27. The number of nitrogens with two attached hydrogens (primary N) is 1. The average Bonchev–Trinajstić information content (AvgIpc) is 2.92. The Balaban J connectivity index is 1.48. The number of primary amides is 1. The molecule has 0 saturated carbocycles. The molecular formula is C30H29ClFN3O2. The maximum atomic E-state index is 13.8. The summed E-state index contributed by atoms with van der Waals surface area (Å²) in [4.78, 5) is 17.7. The van der Waals surface area contributed by atoms with Gasteiger partial charge in [0, 0.05) is 37.8 Å². The number of carbonyl (C=O) groups is 1. The number of aromatic nitrogens is 1. The van der Waals surface area contributed by atoms with Crippen LogP contribution in [-0.4, -0.2) is 35.5 Å². The number of nitrogens with zero attached hydrogens (tertiary/aromatic N) is 2. The third kappa shape index (κ3) is 7.62. The third-order valence-corrected chi connectivity index (χ3v) is 6.41. The average molecular weight is 518 g/mol. The van der Waals surface area contributed by atoms with E-state index in [4.69, 9.17) is 22.1 Å². The minimum absolute atomic E-state index is 0.119. The van der Waals surface area contributed by atoms with Crippen molar-refractivity contribution in [1.82, 2.24) is 9.88 Å². The molecule has 4 aromatic rings. The molecule has 3 aromatic carbocycles. The zero-order valence-electron chi connectivity index (χ0n) is 20.4. The lowest BCUT2D eigenvalue weighted by Crippen LogP contribution is -2.30. The van der Waals surface area contributed by atoms with E-state index in [-0.39, 0.29) is 10.9 Å². The fourth-order valence-corrected chi connectivity index (χ4v) is 4.44. The van der Waals surface area contributed by atoms with Crippen LogP contribution in [0.3, 0.4) is 0 Å². The molecular weight excluding hydrogens is 489 g/mol. The highest BCUT2D eigenvalue weighted by atomic mass is 35.5. The SMILES string of the molecule is NC(=O)c1ccc(OCCCN(Cc2ccc(F)c(Cl)c2)CC(c2ccccc2)c2ccccc2)nc1. The first-order valence-corrected chi connectivity index (χ1v) is 12.5. The number of hydrogen-bond donors (Lipinski definition) is 1. The molecule has 0 radical (unpaired) electrons. The van der Waals surface area contributed by atoms with E-state index in [1.807, 2.05) is 12.1 Å². The molecule has 0 saturated heterocycles. The fourth-order valence-electron chi connectivity index (χ4n) is 4.24. The number of carbonyl (C=O) groups excluding carboxylic acids is 1. The Morgan fingerprint density at radius 1 is 0.973 bits per heavy atom. The molecule has 0 atom stereocenters. The molecule has 37 heavy (non-hydrogen) atoms. The van der Waals surface area contributed by atoms with Gasteiger partial charge >= 0.3 is 0 Å². The Hall–Kier alpha value is -3.74. The monoisotopic (exact) mass is 517 g/mol. The van der Waals surface area contributed by atoms with Crippen molar-refractivity contribution in [2.24, 2.45) is 5.73 Å². The minimum atomic E-state index is -0.526.